The molecule has 1 aliphatic heterocycles. The zero-order chi connectivity index (χ0) is 17.6. The van der Waals surface area contributed by atoms with E-state index in [2.05, 4.69) is 16.6 Å². The minimum atomic E-state index is -0.417. The quantitative estimate of drug-likeness (QED) is 0.401. The molecule has 0 spiro atoms. The smallest absolute Gasteiger partial charge is 0.376 e. The minimum absolute atomic E-state index is 0.288. The normalized spacial score (nSPS) is 14.0. The van der Waals surface area contributed by atoms with Gasteiger partial charge < -0.3 is 9.64 Å². The maximum absolute atomic E-state index is 12.5. The molecule has 0 unspecified atom stereocenters. The first-order valence-electron chi connectivity index (χ1n) is 8.62. The first-order valence-corrected chi connectivity index (χ1v) is 8.62. The van der Waals surface area contributed by atoms with Crippen molar-refractivity contribution >= 4 is 23.2 Å². The molecule has 0 amide bonds. The average Bonchev–Trinajstić information content (AvgIpc) is 2.62. The fourth-order valence-electron chi connectivity index (χ4n) is 3.00. The van der Waals surface area contributed by atoms with E-state index in [1.165, 1.54) is 5.56 Å². The summed E-state index contributed by atoms with van der Waals surface area (Å²) in [5, 5.41) is 4.39. The van der Waals surface area contributed by atoms with E-state index in [0.717, 1.165) is 36.3 Å². The van der Waals surface area contributed by atoms with Crippen LogP contribution in [-0.4, -0.2) is 25.0 Å². The standard InChI is InChI=1S/C20H23N3O2/c1-3-25-20(24)19(22-21-17-11-6-8-15(2)14-17)23-13-7-10-16-9-4-5-12-18(16)23/h4-6,8-9,11-12,14,21H,3,7,10,13H2,1-2H3/b22-19+. The van der Waals surface area contributed by atoms with Gasteiger partial charge in [-0.1, -0.05) is 30.3 Å². The van der Waals surface area contributed by atoms with E-state index in [1.807, 2.05) is 54.3 Å². The second-order valence-corrected chi connectivity index (χ2v) is 6.02. The molecule has 0 bridgehead atoms. The Bertz CT molecular complexity index is 786. The van der Waals surface area contributed by atoms with Gasteiger partial charge in [-0.2, -0.15) is 0 Å². The Morgan fingerprint density at radius 2 is 2.08 bits per heavy atom. The SMILES string of the molecule is CCOC(=O)/C(=N\Nc1cccc(C)c1)N1CCCc2ccccc21. The Morgan fingerprint density at radius 1 is 1.24 bits per heavy atom. The second-order valence-electron chi connectivity index (χ2n) is 6.02. The van der Waals surface area contributed by atoms with Crippen molar-refractivity contribution < 1.29 is 9.53 Å². The minimum Gasteiger partial charge on any atom is -0.460 e. The molecule has 0 saturated heterocycles. The van der Waals surface area contributed by atoms with Crippen molar-refractivity contribution in [1.29, 1.82) is 0 Å². The van der Waals surface area contributed by atoms with Crippen LogP contribution in [0, 0.1) is 6.92 Å². The Kier molecular flexibility index (Phi) is 5.33. The molecule has 5 nitrogen and oxygen atoms in total. The third kappa shape index (κ3) is 3.99. The number of ether oxygens (including phenoxy) is 1. The molecule has 0 radical (unpaired) electrons. The summed E-state index contributed by atoms with van der Waals surface area (Å²) in [6.07, 6.45) is 1.98. The van der Waals surface area contributed by atoms with Gasteiger partial charge in [0.05, 0.1) is 12.3 Å². The van der Waals surface area contributed by atoms with E-state index >= 15 is 0 Å². The predicted molar refractivity (Wildman–Crippen MR) is 101 cm³/mol. The number of carbonyl (C=O) groups is 1. The highest BCUT2D eigenvalue weighted by Gasteiger charge is 2.26. The Morgan fingerprint density at radius 3 is 2.88 bits per heavy atom. The van der Waals surface area contributed by atoms with Crippen LogP contribution in [0.15, 0.2) is 53.6 Å². The van der Waals surface area contributed by atoms with Crippen molar-refractivity contribution in [3.05, 3.63) is 59.7 Å². The number of aryl methyl sites for hydroxylation is 2. The van der Waals surface area contributed by atoms with Crippen LogP contribution < -0.4 is 10.3 Å². The lowest BCUT2D eigenvalue weighted by Gasteiger charge is -2.30. The summed E-state index contributed by atoms with van der Waals surface area (Å²) in [6, 6.07) is 16.0. The molecular formula is C20H23N3O2. The fraction of sp³-hybridized carbons (Fsp3) is 0.300. The van der Waals surface area contributed by atoms with Crippen molar-refractivity contribution in [2.24, 2.45) is 5.10 Å². The van der Waals surface area contributed by atoms with Crippen molar-refractivity contribution in [3.63, 3.8) is 0 Å². The van der Waals surface area contributed by atoms with Gasteiger partial charge in [-0.05, 0) is 56.0 Å². The number of esters is 1. The summed E-state index contributed by atoms with van der Waals surface area (Å²) >= 11 is 0. The number of hydrazone groups is 1. The molecule has 130 valence electrons. The maximum atomic E-state index is 12.5. The van der Waals surface area contributed by atoms with Gasteiger partial charge in [0.25, 0.3) is 0 Å². The molecule has 1 aliphatic rings. The van der Waals surface area contributed by atoms with Gasteiger partial charge in [-0.3, -0.25) is 5.43 Å². The van der Waals surface area contributed by atoms with Crippen LogP contribution >= 0.6 is 0 Å². The Balaban J connectivity index is 1.93. The summed E-state index contributed by atoms with van der Waals surface area (Å²) in [5.74, 6) is -0.130. The van der Waals surface area contributed by atoms with Gasteiger partial charge in [0.2, 0.25) is 5.84 Å². The lowest BCUT2D eigenvalue weighted by atomic mass is 10.0. The predicted octanol–water partition coefficient (Wildman–Crippen LogP) is 3.74. The highest BCUT2D eigenvalue weighted by Crippen LogP contribution is 2.27. The average molecular weight is 337 g/mol. The molecule has 0 aliphatic carbocycles. The summed E-state index contributed by atoms with van der Waals surface area (Å²) in [5.41, 5.74) is 7.21. The number of fused-ring (bicyclic) bond motifs is 1. The van der Waals surface area contributed by atoms with E-state index < -0.39 is 5.97 Å². The number of carbonyl (C=O) groups excluding carboxylic acids is 1. The van der Waals surface area contributed by atoms with E-state index in [1.54, 1.807) is 6.92 Å². The number of para-hydroxylation sites is 1. The largest absolute Gasteiger partial charge is 0.460 e. The number of hydrogen-bond acceptors (Lipinski definition) is 4. The number of hydrogen-bond donors (Lipinski definition) is 1. The third-order valence-electron chi connectivity index (χ3n) is 4.13. The van der Waals surface area contributed by atoms with Gasteiger partial charge in [-0.15, -0.1) is 5.10 Å². The third-order valence-corrected chi connectivity index (χ3v) is 4.13. The van der Waals surface area contributed by atoms with Crippen molar-refractivity contribution in [3.8, 4) is 0 Å². The van der Waals surface area contributed by atoms with Gasteiger partial charge in [0.1, 0.15) is 0 Å². The Labute approximate surface area is 148 Å². The highest BCUT2D eigenvalue weighted by atomic mass is 16.5. The molecule has 3 rings (SSSR count). The molecule has 0 saturated carbocycles. The van der Waals surface area contributed by atoms with Crippen LogP contribution in [-0.2, 0) is 16.0 Å². The van der Waals surface area contributed by atoms with E-state index in [-0.39, 0.29) is 5.84 Å². The molecule has 2 aromatic carbocycles. The first kappa shape index (κ1) is 17.0. The van der Waals surface area contributed by atoms with Crippen molar-refractivity contribution in [2.75, 3.05) is 23.5 Å². The second kappa shape index (κ2) is 7.83. The van der Waals surface area contributed by atoms with E-state index in [4.69, 9.17) is 4.74 Å². The van der Waals surface area contributed by atoms with Gasteiger partial charge in [-0.25, -0.2) is 4.79 Å². The molecule has 1 heterocycles. The zero-order valence-corrected chi connectivity index (χ0v) is 14.7. The fourth-order valence-corrected chi connectivity index (χ4v) is 3.00. The number of rotatable bonds is 3. The molecule has 0 fully saturated rings. The number of nitrogens with one attached hydrogen (secondary N) is 1. The summed E-state index contributed by atoms with van der Waals surface area (Å²) in [4.78, 5) is 14.4. The lowest BCUT2D eigenvalue weighted by molar-refractivity contribution is -0.135. The van der Waals surface area contributed by atoms with Crippen molar-refractivity contribution in [2.45, 2.75) is 26.7 Å². The van der Waals surface area contributed by atoms with E-state index in [9.17, 15) is 4.79 Å². The monoisotopic (exact) mass is 337 g/mol. The van der Waals surface area contributed by atoms with Crippen molar-refractivity contribution in [1.82, 2.24) is 0 Å². The molecule has 1 N–H and O–H groups in total. The van der Waals surface area contributed by atoms with Crippen LogP contribution in [0.1, 0.15) is 24.5 Å². The van der Waals surface area contributed by atoms with E-state index in [0.29, 0.717) is 6.61 Å². The Hall–Kier alpha value is -2.82. The zero-order valence-electron chi connectivity index (χ0n) is 14.7. The first-order chi connectivity index (χ1) is 12.2. The van der Waals surface area contributed by atoms with Crippen LogP contribution in [0.3, 0.4) is 0 Å². The highest BCUT2D eigenvalue weighted by molar-refractivity contribution is 6.41. The van der Waals surface area contributed by atoms with Crippen LogP contribution in [0.4, 0.5) is 11.4 Å². The van der Waals surface area contributed by atoms with Crippen LogP contribution in [0.2, 0.25) is 0 Å². The number of anilines is 2. The van der Waals surface area contributed by atoms with Gasteiger partial charge >= 0.3 is 5.97 Å². The molecule has 5 heteroatoms. The molecule has 0 aromatic heterocycles. The summed E-state index contributed by atoms with van der Waals surface area (Å²) in [7, 11) is 0. The van der Waals surface area contributed by atoms with Gasteiger partial charge in [0, 0.05) is 12.2 Å². The molecule has 0 atom stereocenters. The van der Waals surface area contributed by atoms with Crippen LogP contribution in [0.25, 0.3) is 0 Å². The topological polar surface area (TPSA) is 53.9 Å². The summed E-state index contributed by atoms with van der Waals surface area (Å²) < 4.78 is 5.23. The molecule has 2 aromatic rings. The summed E-state index contributed by atoms with van der Waals surface area (Å²) in [6.45, 7) is 4.87. The molecule has 25 heavy (non-hydrogen) atoms. The number of benzene rings is 2. The number of amidine groups is 1. The maximum Gasteiger partial charge on any atom is 0.376 e. The lowest BCUT2D eigenvalue weighted by Crippen LogP contribution is -2.41. The van der Waals surface area contributed by atoms with Crippen LogP contribution in [0.5, 0.6) is 0 Å². The number of nitrogens with zero attached hydrogens (tertiary/aromatic N) is 2. The molecular weight excluding hydrogens is 314 g/mol. The van der Waals surface area contributed by atoms with Gasteiger partial charge in [0.15, 0.2) is 0 Å².